The van der Waals surface area contributed by atoms with Crippen LogP contribution in [0.4, 0.5) is 9.18 Å². The smallest absolute Gasteiger partial charge is 0.407 e. The Bertz CT molecular complexity index is 2410. The average Bonchev–Trinajstić information content (AvgIpc) is 4.10. The van der Waals surface area contributed by atoms with Crippen molar-refractivity contribution in [2.24, 2.45) is 0 Å². The van der Waals surface area contributed by atoms with E-state index < -0.39 is 18.2 Å². The molecule has 0 aliphatic carbocycles. The van der Waals surface area contributed by atoms with Crippen molar-refractivity contribution >= 4 is 17.9 Å². The number of likely N-dealkylation sites (N-methyl/N-ethyl adjacent to an activating group) is 1. The molecule has 302 valence electrons. The summed E-state index contributed by atoms with van der Waals surface area (Å²) in [5.74, 6) is 0.794. The molecular formula is C46H47FN8O4. The van der Waals surface area contributed by atoms with Gasteiger partial charge in [0.25, 0.3) is 5.91 Å². The molecule has 2 aliphatic rings. The number of alkyl carbamates (subject to hydrolysis) is 1. The molecule has 1 unspecified atom stereocenters. The van der Waals surface area contributed by atoms with Gasteiger partial charge in [0, 0.05) is 13.1 Å². The van der Waals surface area contributed by atoms with Gasteiger partial charge in [-0.05, 0) is 85.3 Å². The van der Waals surface area contributed by atoms with E-state index in [2.05, 4.69) is 63.8 Å². The van der Waals surface area contributed by atoms with Crippen LogP contribution in [-0.4, -0.2) is 86.8 Å². The maximum Gasteiger partial charge on any atom is 0.407 e. The minimum atomic E-state index is -0.881. The molecule has 4 atom stereocenters. The number of likely N-dealkylation sites (tertiary alicyclic amines) is 2. The molecule has 3 amide bonds. The van der Waals surface area contributed by atoms with E-state index in [1.165, 1.54) is 19.2 Å². The second-order valence-corrected chi connectivity index (χ2v) is 15.3. The molecule has 0 radical (unpaired) electrons. The Labute approximate surface area is 342 Å². The molecule has 0 bridgehead atoms. The van der Waals surface area contributed by atoms with Gasteiger partial charge in [-0.3, -0.25) is 14.5 Å². The quantitative estimate of drug-likeness (QED) is 0.121. The third kappa shape index (κ3) is 8.24. The first-order valence-electron chi connectivity index (χ1n) is 19.9. The lowest BCUT2D eigenvalue weighted by atomic mass is 10.0. The van der Waals surface area contributed by atoms with Crippen LogP contribution in [0.5, 0.6) is 0 Å². The van der Waals surface area contributed by atoms with Gasteiger partial charge >= 0.3 is 6.09 Å². The Morgan fingerprint density at radius 2 is 1.22 bits per heavy atom. The highest BCUT2D eigenvalue weighted by Crippen LogP contribution is 2.37. The predicted molar refractivity (Wildman–Crippen MR) is 222 cm³/mol. The number of carbonyl (C=O) groups excluding carboxylic acids is 3. The molecule has 2 aromatic heterocycles. The second-order valence-electron chi connectivity index (χ2n) is 15.3. The number of imidazole rings is 2. The van der Waals surface area contributed by atoms with E-state index in [-0.39, 0.29) is 29.7 Å². The van der Waals surface area contributed by atoms with Crippen molar-refractivity contribution in [3.05, 3.63) is 144 Å². The number of aromatic amines is 2. The topological polar surface area (TPSA) is 140 Å². The molecule has 2 saturated heterocycles. The number of benzene rings is 4. The van der Waals surface area contributed by atoms with Gasteiger partial charge in [0.2, 0.25) is 5.91 Å². The summed E-state index contributed by atoms with van der Waals surface area (Å²) in [6.07, 6.45) is 6.16. The number of nitrogens with one attached hydrogen (secondary N) is 3. The molecule has 0 spiro atoms. The summed E-state index contributed by atoms with van der Waals surface area (Å²) in [6.45, 7) is 1.17. The summed E-state index contributed by atoms with van der Waals surface area (Å²) < 4.78 is 18.9. The number of methoxy groups -OCH3 is 1. The molecule has 3 N–H and O–H groups in total. The zero-order valence-electron chi connectivity index (χ0n) is 33.3. The third-order valence-electron chi connectivity index (χ3n) is 11.4. The Kier molecular flexibility index (Phi) is 11.4. The van der Waals surface area contributed by atoms with Crippen LogP contribution in [0.1, 0.15) is 72.6 Å². The van der Waals surface area contributed by atoms with Crippen molar-refractivity contribution < 1.29 is 23.5 Å². The zero-order valence-corrected chi connectivity index (χ0v) is 33.3. The van der Waals surface area contributed by atoms with E-state index in [9.17, 15) is 18.8 Å². The van der Waals surface area contributed by atoms with Crippen LogP contribution in [0.2, 0.25) is 0 Å². The van der Waals surface area contributed by atoms with E-state index in [0.29, 0.717) is 30.0 Å². The SMILES string of the molecule is COC(=O)N[C@@H](C(=O)N1CCC[C@H]1c1ncc(-c2ccc(-c3ccc(-c4cnc([C@@H]5CCCN5C(=O)C(c5cccc(F)c5)N(C)C)[nH]4)cc3)cc2)[nH]1)c1ccccc1. The third-order valence-corrected chi connectivity index (χ3v) is 11.4. The average molecular weight is 795 g/mol. The highest BCUT2D eigenvalue weighted by Gasteiger charge is 2.38. The number of H-pyrrole nitrogens is 2. The number of rotatable bonds is 11. The number of carbonyl (C=O) groups is 3. The van der Waals surface area contributed by atoms with Crippen LogP contribution in [0.25, 0.3) is 33.6 Å². The van der Waals surface area contributed by atoms with Crippen LogP contribution < -0.4 is 5.32 Å². The molecule has 4 aromatic carbocycles. The largest absolute Gasteiger partial charge is 0.453 e. The van der Waals surface area contributed by atoms with Crippen molar-refractivity contribution in [1.82, 2.24) is 40.0 Å². The van der Waals surface area contributed by atoms with Crippen molar-refractivity contribution in [3.8, 4) is 33.6 Å². The van der Waals surface area contributed by atoms with E-state index in [4.69, 9.17) is 14.7 Å². The lowest BCUT2D eigenvalue weighted by molar-refractivity contribution is -0.137. The number of halogens is 1. The Hall–Kier alpha value is -6.60. The number of ether oxygens (including phenoxy) is 1. The minimum Gasteiger partial charge on any atom is -0.453 e. The van der Waals surface area contributed by atoms with E-state index >= 15 is 0 Å². The monoisotopic (exact) mass is 794 g/mol. The highest BCUT2D eigenvalue weighted by atomic mass is 19.1. The Morgan fingerprint density at radius 3 is 1.73 bits per heavy atom. The second kappa shape index (κ2) is 17.1. The van der Waals surface area contributed by atoms with Gasteiger partial charge in [-0.1, -0.05) is 91.0 Å². The maximum atomic E-state index is 14.1. The summed E-state index contributed by atoms with van der Waals surface area (Å²) in [6, 6.07) is 30.0. The van der Waals surface area contributed by atoms with Crippen LogP contribution in [-0.2, 0) is 14.3 Å². The van der Waals surface area contributed by atoms with Crippen molar-refractivity contribution in [1.29, 1.82) is 0 Å². The fourth-order valence-corrected chi connectivity index (χ4v) is 8.39. The molecule has 0 saturated carbocycles. The highest BCUT2D eigenvalue weighted by molar-refractivity contribution is 5.87. The lowest BCUT2D eigenvalue weighted by Gasteiger charge is -2.31. The number of hydrogen-bond donors (Lipinski definition) is 3. The predicted octanol–water partition coefficient (Wildman–Crippen LogP) is 8.00. The first-order valence-corrected chi connectivity index (χ1v) is 19.9. The first-order chi connectivity index (χ1) is 28.7. The number of aromatic nitrogens is 4. The summed E-state index contributed by atoms with van der Waals surface area (Å²) in [5, 5.41) is 2.71. The zero-order chi connectivity index (χ0) is 41.0. The van der Waals surface area contributed by atoms with Gasteiger partial charge in [0.1, 0.15) is 29.5 Å². The first kappa shape index (κ1) is 39.2. The van der Waals surface area contributed by atoms with Crippen LogP contribution >= 0.6 is 0 Å². The fraction of sp³-hybridized carbons (Fsp3) is 0.283. The van der Waals surface area contributed by atoms with Gasteiger partial charge in [-0.2, -0.15) is 0 Å². The number of hydrogen-bond acceptors (Lipinski definition) is 7. The molecular weight excluding hydrogens is 748 g/mol. The summed E-state index contributed by atoms with van der Waals surface area (Å²) in [7, 11) is 4.96. The van der Waals surface area contributed by atoms with Crippen LogP contribution in [0.15, 0.2) is 116 Å². The van der Waals surface area contributed by atoms with E-state index in [1.807, 2.05) is 60.4 Å². The van der Waals surface area contributed by atoms with Gasteiger partial charge < -0.3 is 29.8 Å². The Balaban J connectivity index is 0.929. The molecule has 12 nitrogen and oxygen atoms in total. The van der Waals surface area contributed by atoms with Gasteiger partial charge in [-0.15, -0.1) is 0 Å². The van der Waals surface area contributed by atoms with Crippen LogP contribution in [0.3, 0.4) is 0 Å². The summed E-state index contributed by atoms with van der Waals surface area (Å²) in [5.41, 5.74) is 7.07. The van der Waals surface area contributed by atoms with E-state index in [1.54, 1.807) is 23.2 Å². The van der Waals surface area contributed by atoms with Crippen molar-refractivity contribution in [2.45, 2.75) is 49.9 Å². The lowest BCUT2D eigenvalue weighted by Crippen LogP contribution is -2.42. The number of amides is 3. The summed E-state index contributed by atoms with van der Waals surface area (Å²) >= 11 is 0. The molecule has 4 heterocycles. The summed E-state index contributed by atoms with van der Waals surface area (Å²) in [4.78, 5) is 61.9. The molecule has 6 aromatic rings. The van der Waals surface area contributed by atoms with Gasteiger partial charge in [0.15, 0.2) is 0 Å². The van der Waals surface area contributed by atoms with Gasteiger partial charge in [-0.25, -0.2) is 19.2 Å². The molecule has 2 aliphatic heterocycles. The van der Waals surface area contributed by atoms with E-state index in [0.717, 1.165) is 65.1 Å². The molecule has 2 fully saturated rings. The number of nitrogens with zero attached hydrogens (tertiary/aromatic N) is 5. The molecule has 8 rings (SSSR count). The Morgan fingerprint density at radius 1 is 0.712 bits per heavy atom. The minimum absolute atomic E-state index is 0.0691. The van der Waals surface area contributed by atoms with Crippen LogP contribution in [0, 0.1) is 5.82 Å². The fourth-order valence-electron chi connectivity index (χ4n) is 8.39. The standard InChI is InChI=1S/C46H47FN8O4/c1-53(2)41(34-12-7-13-35(47)26-34)45(57)55-25-9-15-39(55)43-49-28-37(51-43)32-22-18-30(19-23-32)29-16-20-31(21-17-29)36-27-48-42(50-36)38-14-8-24-54(38)44(56)40(52-46(58)59-3)33-10-5-4-6-11-33/h4-7,10-13,16-23,26-28,38-41H,8-9,14-15,24-25H2,1-3H3,(H,48,50)(H,49,51)(H,52,58)/t38-,39-,40+,41?/m0/s1. The normalized spacial score (nSPS) is 17.6. The van der Waals surface area contributed by atoms with Gasteiger partial charge in [0.05, 0.1) is 43.0 Å². The maximum absolute atomic E-state index is 14.1. The molecule has 13 heteroatoms. The molecule has 59 heavy (non-hydrogen) atoms. The van der Waals surface area contributed by atoms with Crippen molar-refractivity contribution in [3.63, 3.8) is 0 Å². The van der Waals surface area contributed by atoms with Crippen molar-refractivity contribution in [2.75, 3.05) is 34.3 Å².